The normalized spacial score (nSPS) is 14.0. The Kier molecular flexibility index (Phi) is 5.32. The summed E-state index contributed by atoms with van der Waals surface area (Å²) in [5, 5.41) is 10.5. The summed E-state index contributed by atoms with van der Waals surface area (Å²) in [6.45, 7) is 2.07. The summed E-state index contributed by atoms with van der Waals surface area (Å²) in [7, 11) is 0. The number of hydrogen-bond acceptors (Lipinski definition) is 1. The van der Waals surface area contributed by atoms with Crippen molar-refractivity contribution in [3.63, 3.8) is 0 Å². The first-order valence-corrected chi connectivity index (χ1v) is 7.58. The van der Waals surface area contributed by atoms with E-state index >= 15 is 0 Å². The lowest BCUT2D eigenvalue weighted by Gasteiger charge is -2.22. The Morgan fingerprint density at radius 3 is 2.45 bits per heavy atom. The van der Waals surface area contributed by atoms with E-state index in [4.69, 9.17) is 0 Å². The predicted octanol–water partition coefficient (Wildman–Crippen LogP) is 4.69. The molecule has 0 aromatic heterocycles. The molecule has 0 saturated carbocycles. The molecular weight excluding hydrogens is 319 g/mol. The van der Waals surface area contributed by atoms with Gasteiger partial charge in [-0.1, -0.05) is 59.3 Å². The van der Waals surface area contributed by atoms with Crippen molar-refractivity contribution < 1.29 is 9.50 Å². The molecule has 2 aromatic carbocycles. The lowest BCUT2D eigenvalue weighted by molar-refractivity contribution is 0.140. The van der Waals surface area contributed by atoms with E-state index in [0.29, 0.717) is 10.9 Å². The zero-order valence-electron chi connectivity index (χ0n) is 11.4. The molecule has 2 unspecified atom stereocenters. The second-order valence-electron chi connectivity index (χ2n) is 4.93. The maximum absolute atomic E-state index is 13.1. The third-order valence-corrected chi connectivity index (χ3v) is 4.31. The fourth-order valence-corrected chi connectivity index (χ4v) is 3.00. The van der Waals surface area contributed by atoms with E-state index in [0.717, 1.165) is 17.5 Å². The second-order valence-corrected chi connectivity index (χ2v) is 5.79. The van der Waals surface area contributed by atoms with Crippen molar-refractivity contribution in [1.82, 2.24) is 0 Å². The molecule has 1 nitrogen and oxygen atoms in total. The first-order valence-electron chi connectivity index (χ1n) is 6.78. The molecule has 0 aliphatic heterocycles. The Morgan fingerprint density at radius 2 is 1.85 bits per heavy atom. The van der Waals surface area contributed by atoms with Gasteiger partial charge in [0, 0.05) is 16.8 Å². The van der Waals surface area contributed by atoms with E-state index in [9.17, 15) is 9.50 Å². The Hall–Kier alpha value is -1.19. The van der Waals surface area contributed by atoms with E-state index in [1.165, 1.54) is 12.1 Å². The molecule has 0 saturated heterocycles. The van der Waals surface area contributed by atoms with Gasteiger partial charge in [0.1, 0.15) is 5.82 Å². The van der Waals surface area contributed by atoms with Crippen LogP contribution in [0.25, 0.3) is 0 Å². The standard InChI is InChI=1S/C17H18BrFO/c1-2-15(12-6-4-3-5-7-12)17(20)10-13-8-9-14(19)11-16(13)18/h3-9,11,15,17,20H,2,10H2,1H3. The van der Waals surface area contributed by atoms with Crippen molar-refractivity contribution >= 4 is 15.9 Å². The molecule has 0 heterocycles. The van der Waals surface area contributed by atoms with Gasteiger partial charge < -0.3 is 5.11 Å². The second kappa shape index (κ2) is 7.00. The van der Waals surface area contributed by atoms with E-state index in [2.05, 4.69) is 22.9 Å². The highest BCUT2D eigenvalue weighted by Gasteiger charge is 2.20. The molecule has 1 N–H and O–H groups in total. The first kappa shape index (κ1) is 15.2. The molecule has 0 fully saturated rings. The maximum Gasteiger partial charge on any atom is 0.124 e. The van der Waals surface area contributed by atoms with Crippen LogP contribution >= 0.6 is 15.9 Å². The summed E-state index contributed by atoms with van der Waals surface area (Å²) >= 11 is 3.35. The van der Waals surface area contributed by atoms with Crippen LogP contribution in [0.4, 0.5) is 4.39 Å². The SMILES string of the molecule is CCC(c1ccccc1)C(O)Cc1ccc(F)cc1Br. The minimum absolute atomic E-state index is 0.0909. The Labute approximate surface area is 127 Å². The van der Waals surface area contributed by atoms with Crippen LogP contribution in [0, 0.1) is 5.82 Å². The van der Waals surface area contributed by atoms with Gasteiger partial charge in [-0.3, -0.25) is 0 Å². The number of aliphatic hydroxyl groups excluding tert-OH is 1. The van der Waals surface area contributed by atoms with Gasteiger partial charge in [0.25, 0.3) is 0 Å². The molecule has 106 valence electrons. The van der Waals surface area contributed by atoms with Gasteiger partial charge >= 0.3 is 0 Å². The third-order valence-electron chi connectivity index (χ3n) is 3.58. The monoisotopic (exact) mass is 336 g/mol. The highest BCUT2D eigenvalue weighted by molar-refractivity contribution is 9.10. The van der Waals surface area contributed by atoms with Crippen molar-refractivity contribution in [2.75, 3.05) is 0 Å². The van der Waals surface area contributed by atoms with Crippen LogP contribution in [-0.2, 0) is 6.42 Å². The van der Waals surface area contributed by atoms with Gasteiger partial charge in [0.15, 0.2) is 0 Å². The van der Waals surface area contributed by atoms with Crippen LogP contribution in [0.15, 0.2) is 53.0 Å². The average molecular weight is 337 g/mol. The quantitative estimate of drug-likeness (QED) is 0.840. The van der Waals surface area contributed by atoms with Gasteiger partial charge in [-0.25, -0.2) is 4.39 Å². The van der Waals surface area contributed by atoms with Crippen molar-refractivity contribution in [2.45, 2.75) is 31.8 Å². The molecular formula is C17H18BrFO. The van der Waals surface area contributed by atoms with Crippen molar-refractivity contribution in [2.24, 2.45) is 0 Å². The lowest BCUT2D eigenvalue weighted by Crippen LogP contribution is -2.21. The minimum Gasteiger partial charge on any atom is -0.392 e. The van der Waals surface area contributed by atoms with Gasteiger partial charge in [-0.05, 0) is 29.7 Å². The van der Waals surface area contributed by atoms with Gasteiger partial charge in [-0.15, -0.1) is 0 Å². The van der Waals surface area contributed by atoms with E-state index < -0.39 is 6.10 Å². The van der Waals surface area contributed by atoms with Gasteiger partial charge in [0.2, 0.25) is 0 Å². The summed E-state index contributed by atoms with van der Waals surface area (Å²) < 4.78 is 13.8. The largest absolute Gasteiger partial charge is 0.392 e. The number of benzene rings is 2. The topological polar surface area (TPSA) is 20.2 Å². The molecule has 0 aliphatic rings. The highest BCUT2D eigenvalue weighted by atomic mass is 79.9. The van der Waals surface area contributed by atoms with Crippen LogP contribution in [-0.4, -0.2) is 11.2 Å². The summed E-state index contributed by atoms with van der Waals surface area (Å²) in [5.74, 6) is -0.182. The molecule has 20 heavy (non-hydrogen) atoms. The Morgan fingerprint density at radius 1 is 1.15 bits per heavy atom. The fraction of sp³-hybridized carbons (Fsp3) is 0.294. The number of halogens is 2. The van der Waals surface area contributed by atoms with E-state index in [1.807, 2.05) is 30.3 Å². The summed E-state index contributed by atoms with van der Waals surface area (Å²) in [6.07, 6.45) is 0.891. The molecule has 2 atom stereocenters. The lowest BCUT2D eigenvalue weighted by atomic mass is 9.88. The first-order chi connectivity index (χ1) is 9.61. The number of hydrogen-bond donors (Lipinski definition) is 1. The van der Waals surface area contributed by atoms with Crippen LogP contribution in [0.5, 0.6) is 0 Å². The zero-order valence-corrected chi connectivity index (χ0v) is 13.0. The molecule has 0 amide bonds. The van der Waals surface area contributed by atoms with Crippen LogP contribution in [0.2, 0.25) is 0 Å². The van der Waals surface area contributed by atoms with E-state index in [1.54, 1.807) is 6.07 Å². The van der Waals surface area contributed by atoms with Crippen LogP contribution in [0.3, 0.4) is 0 Å². The molecule has 3 heteroatoms. The number of aliphatic hydroxyl groups is 1. The highest BCUT2D eigenvalue weighted by Crippen LogP contribution is 2.28. The molecule has 2 aromatic rings. The minimum atomic E-state index is -0.482. The zero-order chi connectivity index (χ0) is 14.5. The van der Waals surface area contributed by atoms with Gasteiger partial charge in [0.05, 0.1) is 6.10 Å². The van der Waals surface area contributed by atoms with Crippen LogP contribution in [0.1, 0.15) is 30.4 Å². The summed E-state index contributed by atoms with van der Waals surface area (Å²) in [6, 6.07) is 14.6. The van der Waals surface area contributed by atoms with E-state index in [-0.39, 0.29) is 11.7 Å². The molecule has 0 radical (unpaired) electrons. The average Bonchev–Trinajstić information content (AvgIpc) is 2.44. The molecule has 0 spiro atoms. The maximum atomic E-state index is 13.1. The Bertz CT molecular complexity index is 556. The van der Waals surface area contributed by atoms with Crippen molar-refractivity contribution in [3.8, 4) is 0 Å². The molecule has 0 aliphatic carbocycles. The predicted molar refractivity (Wildman–Crippen MR) is 83.3 cm³/mol. The Balaban J connectivity index is 2.15. The number of rotatable bonds is 5. The van der Waals surface area contributed by atoms with Gasteiger partial charge in [-0.2, -0.15) is 0 Å². The summed E-state index contributed by atoms with van der Waals surface area (Å²) in [4.78, 5) is 0. The van der Waals surface area contributed by atoms with Crippen molar-refractivity contribution in [3.05, 3.63) is 69.9 Å². The molecule has 2 rings (SSSR count). The fourth-order valence-electron chi connectivity index (χ4n) is 2.48. The smallest absolute Gasteiger partial charge is 0.124 e. The molecule has 0 bridgehead atoms. The van der Waals surface area contributed by atoms with Crippen LogP contribution < -0.4 is 0 Å². The van der Waals surface area contributed by atoms with Crippen molar-refractivity contribution in [1.29, 1.82) is 0 Å². The summed E-state index contributed by atoms with van der Waals surface area (Å²) in [5.41, 5.74) is 2.06. The third kappa shape index (κ3) is 3.68.